The number of hydrogen-bond acceptors (Lipinski definition) is 5. The topological polar surface area (TPSA) is 77.4 Å². The van der Waals surface area contributed by atoms with Gasteiger partial charge >= 0.3 is 0 Å². The van der Waals surface area contributed by atoms with Gasteiger partial charge in [-0.3, -0.25) is 4.79 Å². The molecule has 7 nitrogen and oxygen atoms in total. The fraction of sp³-hybridized carbons (Fsp3) is 0.267. The van der Waals surface area contributed by atoms with Gasteiger partial charge in [-0.2, -0.15) is 19.4 Å². The van der Waals surface area contributed by atoms with Gasteiger partial charge < -0.3 is 0 Å². The molecule has 0 aliphatic carbocycles. The van der Waals surface area contributed by atoms with Crippen molar-refractivity contribution in [1.29, 1.82) is 0 Å². The number of fused-ring (bicyclic) bond motifs is 1. The van der Waals surface area contributed by atoms with E-state index in [-0.39, 0.29) is 11.3 Å². The summed E-state index contributed by atoms with van der Waals surface area (Å²) in [6.07, 6.45) is 3.10. The van der Waals surface area contributed by atoms with Crippen molar-refractivity contribution in [2.45, 2.75) is 26.2 Å². The molecule has 2 aromatic heterocycles. The highest BCUT2D eigenvalue weighted by Gasteiger charge is 2.23. The van der Waals surface area contributed by atoms with Gasteiger partial charge in [-0.1, -0.05) is 39.0 Å². The number of halogens is 1. The van der Waals surface area contributed by atoms with E-state index in [4.69, 9.17) is 0 Å². The van der Waals surface area contributed by atoms with Crippen molar-refractivity contribution in [1.82, 2.24) is 24.5 Å². The first-order valence-corrected chi connectivity index (χ1v) is 8.08. The summed E-state index contributed by atoms with van der Waals surface area (Å²) in [5.41, 5.74) is 0.630. The highest BCUT2D eigenvalue weighted by molar-refractivity contribution is 14.1. The highest BCUT2D eigenvalue weighted by atomic mass is 127. The van der Waals surface area contributed by atoms with E-state index in [1.807, 2.05) is 45.0 Å². The molecular formula is C15H15IN6O. The molecule has 0 atom stereocenters. The van der Waals surface area contributed by atoms with Crippen LogP contribution >= 0.6 is 22.6 Å². The molecule has 0 amide bonds. The molecule has 0 saturated heterocycles. The van der Waals surface area contributed by atoms with E-state index in [9.17, 15) is 4.79 Å². The summed E-state index contributed by atoms with van der Waals surface area (Å²) < 4.78 is 3.75. The lowest BCUT2D eigenvalue weighted by molar-refractivity contribution is 0.529. The fourth-order valence-electron chi connectivity index (χ4n) is 2.05. The third kappa shape index (κ3) is 3.03. The third-order valence-corrected chi connectivity index (χ3v) is 4.22. The van der Waals surface area contributed by atoms with Crippen LogP contribution < -0.4 is 5.56 Å². The smallest absolute Gasteiger partial charge is 0.265 e. The van der Waals surface area contributed by atoms with Crippen molar-refractivity contribution < 1.29 is 0 Å². The van der Waals surface area contributed by atoms with E-state index in [0.717, 1.165) is 9.13 Å². The van der Waals surface area contributed by atoms with Crippen LogP contribution in [-0.2, 0) is 5.41 Å². The van der Waals surface area contributed by atoms with Gasteiger partial charge in [0.2, 0.25) is 0 Å². The van der Waals surface area contributed by atoms with E-state index in [2.05, 4.69) is 43.0 Å². The molecule has 3 aromatic rings. The van der Waals surface area contributed by atoms with Crippen LogP contribution in [0.3, 0.4) is 0 Å². The molecule has 0 fully saturated rings. The van der Waals surface area contributed by atoms with Crippen LogP contribution in [0.25, 0.3) is 5.78 Å². The number of rotatable bonds is 2. The number of benzene rings is 1. The summed E-state index contributed by atoms with van der Waals surface area (Å²) >= 11 is 2.22. The van der Waals surface area contributed by atoms with Crippen LogP contribution in [0.4, 0.5) is 0 Å². The van der Waals surface area contributed by atoms with Crippen LogP contribution in [0.2, 0.25) is 0 Å². The number of aromatic nitrogens is 5. The zero-order valence-electron chi connectivity index (χ0n) is 12.9. The molecule has 23 heavy (non-hydrogen) atoms. The molecule has 0 aliphatic heterocycles. The summed E-state index contributed by atoms with van der Waals surface area (Å²) in [6, 6.07) is 7.78. The van der Waals surface area contributed by atoms with Gasteiger partial charge in [0, 0.05) is 14.5 Å². The van der Waals surface area contributed by atoms with E-state index < -0.39 is 5.41 Å². The Morgan fingerprint density at radius 2 is 2.00 bits per heavy atom. The molecule has 0 aliphatic rings. The van der Waals surface area contributed by atoms with E-state index in [1.165, 1.54) is 15.5 Å². The number of nitrogens with zero attached hydrogens (tertiary/aromatic N) is 6. The fourth-order valence-corrected chi connectivity index (χ4v) is 2.58. The molecule has 0 unspecified atom stereocenters. The van der Waals surface area contributed by atoms with Gasteiger partial charge in [-0.15, -0.1) is 10.2 Å². The Kier molecular flexibility index (Phi) is 4.00. The molecule has 0 radical (unpaired) electrons. The van der Waals surface area contributed by atoms with Crippen LogP contribution in [0.1, 0.15) is 32.0 Å². The van der Waals surface area contributed by atoms with E-state index >= 15 is 0 Å². The predicted molar refractivity (Wildman–Crippen MR) is 95.9 cm³/mol. The second kappa shape index (κ2) is 5.84. The van der Waals surface area contributed by atoms with Gasteiger partial charge in [-0.25, -0.2) is 0 Å². The summed E-state index contributed by atoms with van der Waals surface area (Å²) in [5, 5.41) is 16.4. The Bertz CT molecular complexity index is 950. The van der Waals surface area contributed by atoms with Gasteiger partial charge in [0.05, 0.1) is 6.21 Å². The van der Waals surface area contributed by atoms with Crippen molar-refractivity contribution in [2.75, 3.05) is 0 Å². The molecule has 8 heteroatoms. The Labute approximate surface area is 146 Å². The van der Waals surface area contributed by atoms with Crippen molar-refractivity contribution >= 4 is 34.6 Å². The van der Waals surface area contributed by atoms with Crippen molar-refractivity contribution in [3.63, 3.8) is 0 Å². The largest absolute Gasteiger partial charge is 0.298 e. The first-order valence-electron chi connectivity index (χ1n) is 7.00. The Morgan fingerprint density at radius 3 is 2.70 bits per heavy atom. The normalized spacial score (nSPS) is 12.3. The Hall–Kier alpha value is -2.10. The second-order valence-electron chi connectivity index (χ2n) is 6.06. The van der Waals surface area contributed by atoms with E-state index in [1.54, 1.807) is 6.21 Å². The minimum absolute atomic E-state index is 0.283. The molecule has 0 N–H and O–H groups in total. The molecule has 118 valence electrons. The van der Waals surface area contributed by atoms with Crippen molar-refractivity contribution in [3.05, 3.63) is 55.8 Å². The summed E-state index contributed by atoms with van der Waals surface area (Å²) in [5.74, 6) is 0.283. The molecule has 0 spiro atoms. The summed E-state index contributed by atoms with van der Waals surface area (Å²) in [6.45, 7) is 5.79. The van der Waals surface area contributed by atoms with E-state index in [0.29, 0.717) is 5.69 Å². The second-order valence-corrected chi connectivity index (χ2v) is 7.22. The van der Waals surface area contributed by atoms with Crippen LogP contribution in [0, 0.1) is 3.57 Å². The maximum Gasteiger partial charge on any atom is 0.298 e. The minimum atomic E-state index is -0.409. The molecule has 0 saturated carbocycles. The van der Waals surface area contributed by atoms with Gasteiger partial charge in [0.15, 0.2) is 0 Å². The molecule has 1 aromatic carbocycles. The molecule has 0 bridgehead atoms. The summed E-state index contributed by atoms with van der Waals surface area (Å²) in [4.78, 5) is 12.7. The predicted octanol–water partition coefficient (Wildman–Crippen LogP) is 2.07. The monoisotopic (exact) mass is 422 g/mol. The summed E-state index contributed by atoms with van der Waals surface area (Å²) in [7, 11) is 0. The number of hydrogen-bond donors (Lipinski definition) is 0. The van der Waals surface area contributed by atoms with Crippen LogP contribution in [-0.4, -0.2) is 30.7 Å². The van der Waals surface area contributed by atoms with Crippen LogP contribution in [0.5, 0.6) is 0 Å². The maximum atomic E-state index is 12.7. The molecule has 3 rings (SSSR count). The maximum absolute atomic E-state index is 12.7. The minimum Gasteiger partial charge on any atom is -0.265 e. The molecular weight excluding hydrogens is 407 g/mol. The average molecular weight is 422 g/mol. The standard InChI is InChI=1S/C15H15IN6O/c1-15(2,3)12-13(23)22(14-19-17-9-21(14)20-12)18-8-10-6-4-5-7-11(10)16/h4-9H,1-3H3. The highest BCUT2D eigenvalue weighted by Crippen LogP contribution is 2.16. The zero-order valence-corrected chi connectivity index (χ0v) is 15.1. The third-order valence-electron chi connectivity index (χ3n) is 3.23. The molecule has 2 heterocycles. The van der Waals surface area contributed by atoms with Crippen LogP contribution in [0.15, 0.2) is 40.5 Å². The van der Waals surface area contributed by atoms with Crippen molar-refractivity contribution in [3.8, 4) is 0 Å². The van der Waals surface area contributed by atoms with Gasteiger partial charge in [0.1, 0.15) is 12.0 Å². The Balaban J connectivity index is 2.21. The lowest BCUT2D eigenvalue weighted by atomic mass is 9.93. The lowest BCUT2D eigenvalue weighted by Gasteiger charge is -2.16. The quantitative estimate of drug-likeness (QED) is 0.468. The van der Waals surface area contributed by atoms with Gasteiger partial charge in [0.25, 0.3) is 11.3 Å². The van der Waals surface area contributed by atoms with Gasteiger partial charge in [-0.05, 0) is 28.7 Å². The zero-order chi connectivity index (χ0) is 16.6. The van der Waals surface area contributed by atoms with Crippen molar-refractivity contribution in [2.24, 2.45) is 5.10 Å². The average Bonchev–Trinajstić information content (AvgIpc) is 2.94. The lowest BCUT2D eigenvalue weighted by Crippen LogP contribution is -2.33. The first kappa shape index (κ1) is 15.8. The SMILES string of the molecule is CC(C)(C)c1nn2cnnc2n(N=Cc2ccccc2I)c1=O. The Morgan fingerprint density at radius 1 is 1.26 bits per heavy atom. The first-order chi connectivity index (χ1) is 10.9.